The highest BCUT2D eigenvalue weighted by Gasteiger charge is 2.31. The second-order valence-corrected chi connectivity index (χ2v) is 14.0. The van der Waals surface area contributed by atoms with E-state index in [2.05, 4.69) is 18.8 Å². The Morgan fingerprint density at radius 2 is 1.56 bits per heavy atom. The molecular formula is C23H27N3O5S3. The van der Waals surface area contributed by atoms with Gasteiger partial charge in [0.25, 0.3) is 5.91 Å². The Morgan fingerprint density at radius 3 is 2.15 bits per heavy atom. The lowest BCUT2D eigenvalue weighted by molar-refractivity contribution is 0.0998. The van der Waals surface area contributed by atoms with Gasteiger partial charge < -0.3 is 4.57 Å². The zero-order valence-corrected chi connectivity index (χ0v) is 21.9. The number of carbonyl (C=O) groups is 1. The molecule has 0 N–H and O–H groups in total. The van der Waals surface area contributed by atoms with Gasteiger partial charge in [0, 0.05) is 32.0 Å². The molecule has 1 fully saturated rings. The van der Waals surface area contributed by atoms with Crippen molar-refractivity contribution in [3.05, 3.63) is 52.8 Å². The van der Waals surface area contributed by atoms with Crippen LogP contribution in [0.4, 0.5) is 0 Å². The largest absolute Gasteiger partial charge is 0.319 e. The van der Waals surface area contributed by atoms with E-state index in [1.54, 1.807) is 23.7 Å². The maximum Gasteiger partial charge on any atom is 0.279 e. The van der Waals surface area contributed by atoms with Crippen LogP contribution in [0.15, 0.2) is 57.2 Å². The van der Waals surface area contributed by atoms with Crippen LogP contribution in [0.3, 0.4) is 0 Å². The average Bonchev–Trinajstić information content (AvgIpc) is 3.07. The van der Waals surface area contributed by atoms with Crippen LogP contribution in [0.2, 0.25) is 0 Å². The zero-order valence-electron chi connectivity index (χ0n) is 19.4. The van der Waals surface area contributed by atoms with Gasteiger partial charge in [-0.3, -0.25) is 4.79 Å². The summed E-state index contributed by atoms with van der Waals surface area (Å²) in [5, 5.41) is 0. The van der Waals surface area contributed by atoms with E-state index in [1.807, 2.05) is 0 Å². The summed E-state index contributed by atoms with van der Waals surface area (Å²) in [6.07, 6.45) is 2.15. The smallest absolute Gasteiger partial charge is 0.279 e. The molecule has 1 aliphatic rings. The molecule has 3 aromatic rings. The van der Waals surface area contributed by atoms with E-state index in [-0.39, 0.29) is 15.4 Å². The zero-order chi connectivity index (χ0) is 24.8. The second kappa shape index (κ2) is 9.03. The van der Waals surface area contributed by atoms with Gasteiger partial charge in [0.05, 0.1) is 20.0 Å². The number of rotatable bonds is 4. The van der Waals surface area contributed by atoms with Gasteiger partial charge in [-0.25, -0.2) is 16.8 Å². The summed E-state index contributed by atoms with van der Waals surface area (Å²) in [4.78, 5) is 17.8. The standard InChI is InChI=1S/C23H27N3O5S3/c1-15-11-16(2)14-26(13-15)34(30,31)18-7-5-17(6-8-18)22(27)24-23-25(3)20-10-9-19(33(4,28)29)12-21(20)32-23/h5-10,12,15-16H,11,13-14H2,1-4H3/t15-,16-/m1/s1. The maximum atomic E-state index is 13.1. The van der Waals surface area contributed by atoms with E-state index in [1.165, 1.54) is 46.0 Å². The van der Waals surface area contributed by atoms with E-state index in [0.29, 0.717) is 34.4 Å². The molecule has 34 heavy (non-hydrogen) atoms. The van der Waals surface area contributed by atoms with E-state index in [4.69, 9.17) is 0 Å². The maximum absolute atomic E-state index is 13.1. The van der Waals surface area contributed by atoms with E-state index in [9.17, 15) is 21.6 Å². The van der Waals surface area contributed by atoms with Crippen molar-refractivity contribution in [2.45, 2.75) is 30.1 Å². The number of sulfonamides is 1. The van der Waals surface area contributed by atoms with Crippen LogP contribution >= 0.6 is 11.3 Å². The molecule has 4 rings (SSSR count). The van der Waals surface area contributed by atoms with Crippen LogP contribution in [0.1, 0.15) is 30.6 Å². The summed E-state index contributed by atoms with van der Waals surface area (Å²) >= 11 is 1.21. The molecule has 2 heterocycles. The number of hydrogen-bond acceptors (Lipinski definition) is 6. The Morgan fingerprint density at radius 1 is 0.971 bits per heavy atom. The number of nitrogens with zero attached hydrogens (tertiary/aromatic N) is 3. The predicted molar refractivity (Wildman–Crippen MR) is 132 cm³/mol. The van der Waals surface area contributed by atoms with Crippen LogP contribution in [-0.4, -0.2) is 51.0 Å². The summed E-state index contributed by atoms with van der Waals surface area (Å²) in [5.41, 5.74) is 1.03. The lowest BCUT2D eigenvalue weighted by Gasteiger charge is -2.34. The number of fused-ring (bicyclic) bond motifs is 1. The van der Waals surface area contributed by atoms with Gasteiger partial charge in [0.1, 0.15) is 0 Å². The third-order valence-electron chi connectivity index (χ3n) is 5.98. The van der Waals surface area contributed by atoms with Crippen molar-refractivity contribution in [2.75, 3.05) is 19.3 Å². The topological polar surface area (TPSA) is 106 Å². The molecule has 182 valence electrons. The number of aryl methyl sites for hydroxylation is 1. The van der Waals surface area contributed by atoms with Gasteiger partial charge >= 0.3 is 0 Å². The van der Waals surface area contributed by atoms with Crippen LogP contribution < -0.4 is 4.80 Å². The van der Waals surface area contributed by atoms with Crippen molar-refractivity contribution in [1.82, 2.24) is 8.87 Å². The fourth-order valence-corrected chi connectivity index (χ4v) is 7.78. The van der Waals surface area contributed by atoms with Gasteiger partial charge in [-0.1, -0.05) is 25.2 Å². The molecule has 0 bridgehead atoms. The van der Waals surface area contributed by atoms with E-state index < -0.39 is 25.8 Å². The van der Waals surface area contributed by atoms with Crippen molar-refractivity contribution in [3.63, 3.8) is 0 Å². The Balaban J connectivity index is 1.62. The first-order valence-electron chi connectivity index (χ1n) is 10.8. The summed E-state index contributed by atoms with van der Waals surface area (Å²) in [5.74, 6) is 0.0946. The van der Waals surface area contributed by atoms with Crippen molar-refractivity contribution < 1.29 is 21.6 Å². The minimum Gasteiger partial charge on any atom is -0.319 e. The predicted octanol–water partition coefficient (Wildman–Crippen LogP) is 3.05. The first-order chi connectivity index (χ1) is 15.9. The van der Waals surface area contributed by atoms with Crippen LogP contribution in [0.5, 0.6) is 0 Å². The molecule has 0 spiro atoms. The number of aromatic nitrogens is 1. The van der Waals surface area contributed by atoms with Gasteiger partial charge in [0.2, 0.25) is 10.0 Å². The van der Waals surface area contributed by atoms with Crippen LogP contribution in [-0.2, 0) is 26.9 Å². The van der Waals surface area contributed by atoms with Crippen LogP contribution in [0, 0.1) is 11.8 Å². The molecule has 1 amide bonds. The molecule has 1 saturated heterocycles. The molecule has 8 nitrogen and oxygen atoms in total. The second-order valence-electron chi connectivity index (χ2n) is 9.05. The van der Waals surface area contributed by atoms with Crippen LogP contribution in [0.25, 0.3) is 10.2 Å². The summed E-state index contributed by atoms with van der Waals surface area (Å²) < 4.78 is 53.7. The van der Waals surface area contributed by atoms with Crippen molar-refractivity contribution in [3.8, 4) is 0 Å². The summed E-state index contributed by atoms with van der Waals surface area (Å²) in [6.45, 7) is 5.09. The molecule has 0 aliphatic carbocycles. The van der Waals surface area contributed by atoms with Crippen molar-refractivity contribution in [2.24, 2.45) is 23.9 Å². The number of amides is 1. The third-order valence-corrected chi connectivity index (χ3v) is 10.0. The molecule has 2 aromatic carbocycles. The molecular weight excluding hydrogens is 494 g/mol. The number of sulfone groups is 1. The molecule has 1 aliphatic heterocycles. The highest BCUT2D eigenvalue weighted by atomic mass is 32.2. The van der Waals surface area contributed by atoms with E-state index in [0.717, 1.165) is 18.2 Å². The van der Waals surface area contributed by atoms with Gasteiger partial charge in [-0.15, -0.1) is 0 Å². The summed E-state index contributed by atoms with van der Waals surface area (Å²) in [7, 11) is -5.23. The minimum atomic E-state index is -3.63. The fraction of sp³-hybridized carbons (Fsp3) is 0.391. The van der Waals surface area contributed by atoms with Crippen molar-refractivity contribution in [1.29, 1.82) is 0 Å². The van der Waals surface area contributed by atoms with Gasteiger partial charge in [-0.2, -0.15) is 9.30 Å². The highest BCUT2D eigenvalue weighted by Crippen LogP contribution is 2.27. The number of thiazole rings is 1. The molecule has 0 saturated carbocycles. The SMILES string of the molecule is C[C@@H]1C[C@@H](C)CN(S(=O)(=O)c2ccc(C(=O)N=c3sc4cc(S(C)(=O)=O)ccc4n3C)cc2)C1. The number of piperidine rings is 1. The highest BCUT2D eigenvalue weighted by molar-refractivity contribution is 7.90. The molecule has 0 radical (unpaired) electrons. The Bertz CT molecular complexity index is 1520. The number of hydrogen-bond donors (Lipinski definition) is 0. The Labute approximate surface area is 203 Å². The minimum absolute atomic E-state index is 0.158. The van der Waals surface area contributed by atoms with Gasteiger partial charge in [-0.05, 0) is 60.7 Å². The quantitative estimate of drug-likeness (QED) is 0.525. The Kier molecular flexibility index (Phi) is 6.58. The van der Waals surface area contributed by atoms with E-state index >= 15 is 0 Å². The number of benzene rings is 2. The lowest BCUT2D eigenvalue weighted by Crippen LogP contribution is -2.42. The normalized spacial score (nSPS) is 20.6. The monoisotopic (exact) mass is 521 g/mol. The molecule has 0 unspecified atom stereocenters. The van der Waals surface area contributed by atoms with Gasteiger partial charge in [0.15, 0.2) is 14.6 Å². The first-order valence-corrected chi connectivity index (χ1v) is 15.0. The first kappa shape index (κ1) is 24.8. The lowest BCUT2D eigenvalue weighted by atomic mass is 9.94. The molecule has 11 heteroatoms. The fourth-order valence-electron chi connectivity index (χ4n) is 4.32. The summed E-state index contributed by atoms with van der Waals surface area (Å²) in [6, 6.07) is 10.6. The third kappa shape index (κ3) is 4.88. The molecule has 1 aromatic heterocycles. The molecule has 2 atom stereocenters. The average molecular weight is 522 g/mol. The van der Waals surface area contributed by atoms with Crippen molar-refractivity contribution >= 4 is 47.3 Å². The Hall–Kier alpha value is -2.34. The number of carbonyl (C=O) groups excluding carboxylic acids is 1.